The summed E-state index contributed by atoms with van der Waals surface area (Å²) in [5.41, 5.74) is 3.75. The molecule has 3 aromatic rings. The summed E-state index contributed by atoms with van der Waals surface area (Å²) in [6.07, 6.45) is 11.3. The van der Waals surface area contributed by atoms with Gasteiger partial charge in [-0.25, -0.2) is 14.2 Å². The van der Waals surface area contributed by atoms with E-state index in [-0.39, 0.29) is 23.5 Å². The van der Waals surface area contributed by atoms with E-state index in [0.29, 0.717) is 30.9 Å². The summed E-state index contributed by atoms with van der Waals surface area (Å²) in [7, 11) is 1.65. The molecule has 2 aromatic heterocycles. The number of aromatic amines is 1. The number of pyridine rings is 1. The number of aromatic nitrogens is 3. The Hall–Kier alpha value is -4.05. The standard InChI is InChI=1S/C31H35FN6O3/c1-31(12-17-41-2)20-37(26-9-8-21(32)18-24(26)31)29(39)25-19-23(6-3-4-13-33-25)36-15-10-22(11-16-36)38-27-7-5-14-34-28(27)35-30(38)40/h5-9,13-14,18-19,22H,3-4,10-12,15-17,20H2,1-2H3,(H,34,35,40)/b23-6+,25-19-,33-13?. The van der Waals surface area contributed by atoms with Gasteiger partial charge in [0.2, 0.25) is 0 Å². The van der Waals surface area contributed by atoms with E-state index >= 15 is 0 Å². The summed E-state index contributed by atoms with van der Waals surface area (Å²) in [4.78, 5) is 42.5. The predicted octanol–water partition coefficient (Wildman–Crippen LogP) is 4.47. The van der Waals surface area contributed by atoms with Crippen LogP contribution in [0.2, 0.25) is 0 Å². The number of fused-ring (bicyclic) bond motifs is 2. The highest BCUT2D eigenvalue weighted by molar-refractivity contribution is 6.08. The zero-order valence-corrected chi connectivity index (χ0v) is 23.5. The molecule has 0 aliphatic carbocycles. The number of hydrogen-bond acceptors (Lipinski definition) is 6. The number of amides is 1. The Balaban J connectivity index is 1.23. The Morgan fingerprint density at radius 1 is 1.22 bits per heavy atom. The quantitative estimate of drug-likeness (QED) is 0.482. The summed E-state index contributed by atoms with van der Waals surface area (Å²) >= 11 is 0. The minimum Gasteiger partial charge on any atom is -0.385 e. The Kier molecular flexibility index (Phi) is 7.33. The SMILES string of the molecule is COCCC1(C)CN(C(=O)/C2=C/C(N3CCC(n4c(=O)[nH]c5ncccc54)CC3)=C\CCC=N2)c2ccc(F)cc21. The van der Waals surface area contributed by atoms with E-state index in [1.165, 1.54) is 6.07 Å². The van der Waals surface area contributed by atoms with Crippen molar-refractivity contribution in [2.75, 3.05) is 38.3 Å². The fourth-order valence-electron chi connectivity index (χ4n) is 6.35. The third-order valence-electron chi connectivity index (χ3n) is 8.58. The molecule has 214 valence electrons. The lowest BCUT2D eigenvalue weighted by atomic mass is 9.81. The van der Waals surface area contributed by atoms with Gasteiger partial charge in [0.05, 0.1) is 5.52 Å². The Morgan fingerprint density at radius 2 is 2.05 bits per heavy atom. The van der Waals surface area contributed by atoms with E-state index in [9.17, 15) is 14.0 Å². The fraction of sp³-hybridized carbons (Fsp3) is 0.419. The number of piperidine rings is 1. The van der Waals surface area contributed by atoms with Gasteiger partial charge in [0.1, 0.15) is 11.5 Å². The number of carbonyl (C=O) groups is 1. The van der Waals surface area contributed by atoms with Crippen molar-refractivity contribution in [3.8, 4) is 0 Å². The Labute approximate surface area is 238 Å². The molecule has 9 nitrogen and oxygen atoms in total. The topological polar surface area (TPSA) is 95.8 Å². The van der Waals surface area contributed by atoms with E-state index < -0.39 is 5.41 Å². The largest absolute Gasteiger partial charge is 0.385 e. The number of nitrogens with zero attached hydrogens (tertiary/aromatic N) is 5. The van der Waals surface area contributed by atoms with Crippen molar-refractivity contribution in [1.29, 1.82) is 0 Å². The van der Waals surface area contributed by atoms with Crippen molar-refractivity contribution >= 4 is 29.0 Å². The molecule has 3 aliphatic heterocycles. The Morgan fingerprint density at radius 3 is 2.85 bits per heavy atom. The van der Waals surface area contributed by atoms with Crippen LogP contribution in [0.15, 0.2) is 69.9 Å². The van der Waals surface area contributed by atoms with E-state index in [4.69, 9.17) is 4.74 Å². The molecule has 0 spiro atoms. The van der Waals surface area contributed by atoms with Crippen LogP contribution in [0.3, 0.4) is 0 Å². The minimum atomic E-state index is -0.425. The molecular formula is C31H35FN6O3. The number of imidazole rings is 1. The average Bonchev–Trinajstić information content (AvgIpc) is 3.45. The molecule has 1 unspecified atom stereocenters. The normalized spacial score (nSPS) is 24.0. The van der Waals surface area contributed by atoms with E-state index in [1.54, 1.807) is 36.6 Å². The monoisotopic (exact) mass is 558 g/mol. The number of rotatable bonds is 6. The van der Waals surface area contributed by atoms with Crippen LogP contribution in [-0.2, 0) is 14.9 Å². The van der Waals surface area contributed by atoms with Gasteiger partial charge in [-0.2, -0.15) is 0 Å². The van der Waals surface area contributed by atoms with Crippen molar-refractivity contribution in [3.05, 3.63) is 81.9 Å². The molecule has 1 saturated heterocycles. The van der Waals surface area contributed by atoms with Crippen molar-refractivity contribution in [2.45, 2.75) is 50.5 Å². The van der Waals surface area contributed by atoms with Crippen LogP contribution < -0.4 is 10.6 Å². The molecular weight excluding hydrogens is 523 g/mol. The van der Waals surface area contributed by atoms with Crippen LogP contribution in [0.4, 0.5) is 10.1 Å². The Bertz CT molecular complexity index is 1610. The average molecular weight is 559 g/mol. The second-order valence-electron chi connectivity index (χ2n) is 11.3. The van der Waals surface area contributed by atoms with Crippen LogP contribution in [0, 0.1) is 5.82 Å². The number of hydrogen-bond donors (Lipinski definition) is 1. The van der Waals surface area contributed by atoms with Gasteiger partial charge in [-0.1, -0.05) is 13.0 Å². The molecule has 1 amide bonds. The zero-order chi connectivity index (χ0) is 28.6. The van der Waals surface area contributed by atoms with Gasteiger partial charge in [0.25, 0.3) is 5.91 Å². The van der Waals surface area contributed by atoms with Gasteiger partial charge >= 0.3 is 5.69 Å². The van der Waals surface area contributed by atoms with Gasteiger partial charge in [-0.3, -0.25) is 19.3 Å². The van der Waals surface area contributed by atoms with Crippen molar-refractivity contribution in [2.24, 2.45) is 4.99 Å². The first kappa shape index (κ1) is 27.1. The third-order valence-corrected chi connectivity index (χ3v) is 8.58. The lowest BCUT2D eigenvalue weighted by molar-refractivity contribution is -0.115. The predicted molar refractivity (Wildman–Crippen MR) is 157 cm³/mol. The first-order valence-corrected chi connectivity index (χ1v) is 14.2. The van der Waals surface area contributed by atoms with Crippen LogP contribution in [0.25, 0.3) is 11.2 Å². The van der Waals surface area contributed by atoms with Crippen LogP contribution >= 0.6 is 0 Å². The van der Waals surface area contributed by atoms with Crippen LogP contribution in [0.1, 0.15) is 50.6 Å². The number of likely N-dealkylation sites (tertiary alicyclic amines) is 1. The lowest BCUT2D eigenvalue weighted by Gasteiger charge is -2.35. The highest BCUT2D eigenvalue weighted by Crippen LogP contribution is 2.44. The molecule has 1 N–H and O–H groups in total. The highest BCUT2D eigenvalue weighted by atomic mass is 19.1. The van der Waals surface area contributed by atoms with Gasteiger partial charge < -0.3 is 14.5 Å². The minimum absolute atomic E-state index is 0.0697. The lowest BCUT2D eigenvalue weighted by Crippen LogP contribution is -2.38. The van der Waals surface area contributed by atoms with E-state index in [1.807, 2.05) is 22.8 Å². The first-order valence-electron chi connectivity index (χ1n) is 14.2. The number of allylic oxidation sites excluding steroid dienone is 2. The molecule has 41 heavy (non-hydrogen) atoms. The number of carbonyl (C=O) groups excluding carboxylic acids is 1. The summed E-state index contributed by atoms with van der Waals surface area (Å²) in [5, 5.41) is 0. The number of ether oxygens (including phenoxy) is 1. The number of methoxy groups -OCH3 is 1. The number of halogens is 1. The summed E-state index contributed by atoms with van der Waals surface area (Å²) < 4.78 is 21.4. The van der Waals surface area contributed by atoms with Crippen molar-refractivity contribution in [3.63, 3.8) is 0 Å². The number of H-pyrrole nitrogens is 1. The first-order chi connectivity index (χ1) is 19.9. The highest BCUT2D eigenvalue weighted by Gasteiger charge is 2.42. The molecule has 5 heterocycles. The number of anilines is 1. The number of nitrogens with one attached hydrogen (secondary N) is 1. The van der Waals surface area contributed by atoms with Crippen LogP contribution in [-0.4, -0.2) is 64.9 Å². The third kappa shape index (κ3) is 5.12. The molecule has 6 rings (SSSR count). The maximum Gasteiger partial charge on any atom is 0.327 e. The molecule has 1 aromatic carbocycles. The zero-order valence-electron chi connectivity index (χ0n) is 23.5. The van der Waals surface area contributed by atoms with Crippen LogP contribution in [0.5, 0.6) is 0 Å². The number of benzene rings is 1. The van der Waals surface area contributed by atoms with Crippen molar-refractivity contribution < 1.29 is 13.9 Å². The maximum atomic E-state index is 14.3. The summed E-state index contributed by atoms with van der Waals surface area (Å²) in [5.74, 6) is -0.513. The summed E-state index contributed by atoms with van der Waals surface area (Å²) in [6.45, 7) is 4.49. The molecule has 0 bridgehead atoms. The molecule has 1 atom stereocenters. The van der Waals surface area contributed by atoms with Crippen molar-refractivity contribution in [1.82, 2.24) is 19.4 Å². The smallest absolute Gasteiger partial charge is 0.327 e. The van der Waals surface area contributed by atoms with E-state index in [2.05, 4.69) is 32.9 Å². The van der Waals surface area contributed by atoms with Gasteiger partial charge in [-0.15, -0.1) is 0 Å². The van der Waals surface area contributed by atoms with E-state index in [0.717, 1.165) is 61.2 Å². The molecule has 1 fully saturated rings. The number of aliphatic imine (C=N–C) groups is 1. The van der Waals surface area contributed by atoms with Gasteiger partial charge in [0, 0.05) is 68.6 Å². The summed E-state index contributed by atoms with van der Waals surface area (Å²) in [6, 6.07) is 8.48. The molecule has 0 radical (unpaired) electrons. The molecule has 0 saturated carbocycles. The van der Waals surface area contributed by atoms with Gasteiger partial charge in [-0.05, 0) is 74.1 Å². The second kappa shape index (κ2) is 11.1. The molecule has 10 heteroatoms. The fourth-order valence-corrected chi connectivity index (χ4v) is 6.35. The maximum absolute atomic E-state index is 14.3. The van der Waals surface area contributed by atoms with Gasteiger partial charge in [0.15, 0.2) is 5.65 Å². The molecule has 3 aliphatic rings. The second-order valence-corrected chi connectivity index (χ2v) is 11.3.